The first-order chi connectivity index (χ1) is 11.6. The van der Waals surface area contributed by atoms with Crippen molar-refractivity contribution in [3.05, 3.63) is 70.8 Å². The zero-order chi connectivity index (χ0) is 18.7. The first-order valence-corrected chi connectivity index (χ1v) is 8.62. The Morgan fingerprint density at radius 1 is 0.800 bits per heavy atom. The summed E-state index contributed by atoms with van der Waals surface area (Å²) in [4.78, 5) is 12.2. The number of benzene rings is 2. The molecule has 0 saturated heterocycles. The van der Waals surface area contributed by atoms with Crippen LogP contribution in [0.3, 0.4) is 0 Å². The maximum absolute atomic E-state index is 12.2. The van der Waals surface area contributed by atoms with Gasteiger partial charge in [-0.2, -0.15) is 5.10 Å². The molecule has 1 amide bonds. The lowest BCUT2D eigenvalue weighted by Gasteiger charge is -2.19. The highest BCUT2D eigenvalue weighted by Crippen LogP contribution is 2.22. The van der Waals surface area contributed by atoms with Crippen LogP contribution in [0.15, 0.2) is 53.6 Å². The second-order valence-electron chi connectivity index (χ2n) is 8.40. The maximum Gasteiger partial charge on any atom is 0.271 e. The lowest BCUT2D eigenvalue weighted by atomic mass is 9.87. The van der Waals surface area contributed by atoms with E-state index in [-0.39, 0.29) is 16.7 Å². The lowest BCUT2D eigenvalue weighted by Crippen LogP contribution is -2.18. The first kappa shape index (κ1) is 18.9. The molecule has 0 saturated carbocycles. The van der Waals surface area contributed by atoms with E-state index in [0.717, 1.165) is 5.56 Å². The Labute approximate surface area is 151 Å². The zero-order valence-electron chi connectivity index (χ0n) is 16.1. The molecule has 0 aliphatic heterocycles. The SMILES string of the molecule is CC(C)(C)c1ccc(C=NNC(=O)c2ccc(C(C)(C)C)cc2)cc1. The van der Waals surface area contributed by atoms with Crippen molar-refractivity contribution in [3.63, 3.8) is 0 Å². The van der Waals surface area contributed by atoms with Crippen LogP contribution in [0, 0.1) is 0 Å². The van der Waals surface area contributed by atoms with Crippen LogP contribution in [0.2, 0.25) is 0 Å². The Kier molecular flexibility index (Phi) is 5.46. The molecule has 0 aromatic heterocycles. The molecule has 2 aromatic carbocycles. The van der Waals surface area contributed by atoms with Crippen LogP contribution in [0.1, 0.15) is 68.6 Å². The zero-order valence-corrected chi connectivity index (χ0v) is 16.1. The van der Waals surface area contributed by atoms with Crippen LogP contribution < -0.4 is 5.43 Å². The summed E-state index contributed by atoms with van der Waals surface area (Å²) < 4.78 is 0. The third-order valence-corrected chi connectivity index (χ3v) is 4.17. The number of carbonyl (C=O) groups excluding carboxylic acids is 1. The normalized spacial score (nSPS) is 12.4. The molecule has 0 spiro atoms. The topological polar surface area (TPSA) is 41.5 Å². The van der Waals surface area contributed by atoms with Gasteiger partial charge in [-0.1, -0.05) is 77.9 Å². The number of hydrazone groups is 1. The van der Waals surface area contributed by atoms with Gasteiger partial charge in [0.15, 0.2) is 0 Å². The molecule has 0 radical (unpaired) electrons. The van der Waals surface area contributed by atoms with E-state index in [4.69, 9.17) is 0 Å². The summed E-state index contributed by atoms with van der Waals surface area (Å²) in [6.45, 7) is 13.0. The van der Waals surface area contributed by atoms with Crippen molar-refractivity contribution in [2.75, 3.05) is 0 Å². The van der Waals surface area contributed by atoms with Gasteiger partial charge < -0.3 is 0 Å². The molecular formula is C22H28N2O. The highest BCUT2D eigenvalue weighted by Gasteiger charge is 2.14. The number of amides is 1. The molecule has 0 atom stereocenters. The molecule has 0 bridgehead atoms. The average Bonchev–Trinajstić information content (AvgIpc) is 2.54. The molecular weight excluding hydrogens is 308 g/mol. The maximum atomic E-state index is 12.2. The van der Waals surface area contributed by atoms with Crippen LogP contribution >= 0.6 is 0 Å². The third kappa shape index (κ3) is 5.28. The van der Waals surface area contributed by atoms with E-state index in [0.29, 0.717) is 5.56 Å². The second-order valence-corrected chi connectivity index (χ2v) is 8.40. The number of rotatable bonds is 3. The van der Waals surface area contributed by atoms with E-state index in [2.05, 4.69) is 64.2 Å². The van der Waals surface area contributed by atoms with Gasteiger partial charge in [-0.3, -0.25) is 4.79 Å². The van der Waals surface area contributed by atoms with E-state index in [1.54, 1.807) is 6.21 Å². The Morgan fingerprint density at radius 3 is 1.68 bits per heavy atom. The minimum Gasteiger partial charge on any atom is -0.267 e. The molecule has 3 heteroatoms. The fraction of sp³-hybridized carbons (Fsp3) is 0.364. The van der Waals surface area contributed by atoms with Gasteiger partial charge >= 0.3 is 0 Å². The summed E-state index contributed by atoms with van der Waals surface area (Å²) in [6, 6.07) is 15.9. The van der Waals surface area contributed by atoms with Crippen molar-refractivity contribution in [2.24, 2.45) is 5.10 Å². The fourth-order valence-electron chi connectivity index (χ4n) is 2.42. The number of nitrogens with zero attached hydrogens (tertiary/aromatic N) is 1. The predicted molar refractivity (Wildman–Crippen MR) is 105 cm³/mol. The summed E-state index contributed by atoms with van der Waals surface area (Å²) in [5, 5.41) is 4.06. The molecule has 0 aliphatic carbocycles. The molecule has 1 N–H and O–H groups in total. The van der Waals surface area contributed by atoms with Crippen LogP contribution in [0.5, 0.6) is 0 Å². The van der Waals surface area contributed by atoms with Crippen molar-refractivity contribution in [2.45, 2.75) is 52.4 Å². The van der Waals surface area contributed by atoms with E-state index in [1.807, 2.05) is 36.4 Å². The second kappa shape index (κ2) is 7.22. The predicted octanol–water partition coefficient (Wildman–Crippen LogP) is 5.05. The summed E-state index contributed by atoms with van der Waals surface area (Å²) in [5.74, 6) is -0.206. The highest BCUT2D eigenvalue weighted by molar-refractivity contribution is 5.94. The fourth-order valence-corrected chi connectivity index (χ4v) is 2.42. The van der Waals surface area contributed by atoms with Gasteiger partial charge in [-0.05, 0) is 39.7 Å². The van der Waals surface area contributed by atoms with Gasteiger partial charge in [0.1, 0.15) is 0 Å². The molecule has 25 heavy (non-hydrogen) atoms. The quantitative estimate of drug-likeness (QED) is 0.619. The Balaban J connectivity index is 1.98. The Hall–Kier alpha value is -2.42. The van der Waals surface area contributed by atoms with Crippen LogP contribution in [0.4, 0.5) is 0 Å². The van der Waals surface area contributed by atoms with Crippen LogP contribution in [-0.2, 0) is 10.8 Å². The van der Waals surface area contributed by atoms with Crippen molar-refractivity contribution in [3.8, 4) is 0 Å². The molecule has 2 aromatic rings. The van der Waals surface area contributed by atoms with Gasteiger partial charge in [-0.25, -0.2) is 5.43 Å². The molecule has 2 rings (SSSR count). The summed E-state index contributed by atoms with van der Waals surface area (Å²) in [5.41, 5.74) is 6.82. The van der Waals surface area contributed by atoms with Gasteiger partial charge in [0.2, 0.25) is 0 Å². The molecule has 0 aliphatic rings. The molecule has 0 fully saturated rings. The monoisotopic (exact) mass is 336 g/mol. The molecule has 132 valence electrons. The van der Waals surface area contributed by atoms with E-state index < -0.39 is 0 Å². The van der Waals surface area contributed by atoms with Crippen LogP contribution in [0.25, 0.3) is 0 Å². The average molecular weight is 336 g/mol. The summed E-state index contributed by atoms with van der Waals surface area (Å²) in [6.07, 6.45) is 1.66. The van der Waals surface area contributed by atoms with E-state index in [1.165, 1.54) is 11.1 Å². The van der Waals surface area contributed by atoms with E-state index in [9.17, 15) is 4.79 Å². The molecule has 0 unspecified atom stereocenters. The minimum absolute atomic E-state index is 0.0758. The highest BCUT2D eigenvalue weighted by atomic mass is 16.2. The first-order valence-electron chi connectivity index (χ1n) is 8.62. The molecule has 3 nitrogen and oxygen atoms in total. The number of hydrogen-bond donors (Lipinski definition) is 1. The van der Waals surface area contributed by atoms with Crippen molar-refractivity contribution in [1.29, 1.82) is 0 Å². The molecule has 0 heterocycles. The van der Waals surface area contributed by atoms with Crippen LogP contribution in [-0.4, -0.2) is 12.1 Å². The van der Waals surface area contributed by atoms with Crippen molar-refractivity contribution in [1.82, 2.24) is 5.43 Å². The van der Waals surface area contributed by atoms with Crippen molar-refractivity contribution >= 4 is 12.1 Å². The van der Waals surface area contributed by atoms with Gasteiger partial charge in [0.25, 0.3) is 5.91 Å². The standard InChI is InChI=1S/C22H28N2O/c1-21(2,3)18-11-7-16(8-12-18)15-23-24-20(25)17-9-13-19(14-10-17)22(4,5)6/h7-15H,1-6H3,(H,24,25). The Bertz CT molecular complexity index is 743. The summed E-state index contributed by atoms with van der Waals surface area (Å²) >= 11 is 0. The number of hydrogen-bond acceptors (Lipinski definition) is 2. The Morgan fingerprint density at radius 2 is 1.24 bits per heavy atom. The number of nitrogens with one attached hydrogen (secondary N) is 1. The van der Waals surface area contributed by atoms with Gasteiger partial charge in [0, 0.05) is 5.56 Å². The smallest absolute Gasteiger partial charge is 0.267 e. The van der Waals surface area contributed by atoms with Gasteiger partial charge in [0.05, 0.1) is 6.21 Å². The van der Waals surface area contributed by atoms with Crippen molar-refractivity contribution < 1.29 is 4.79 Å². The van der Waals surface area contributed by atoms with Gasteiger partial charge in [-0.15, -0.1) is 0 Å². The van der Waals surface area contributed by atoms with E-state index >= 15 is 0 Å². The minimum atomic E-state index is -0.206. The number of carbonyl (C=O) groups is 1. The lowest BCUT2D eigenvalue weighted by molar-refractivity contribution is 0.0955. The third-order valence-electron chi connectivity index (χ3n) is 4.17. The largest absolute Gasteiger partial charge is 0.271 e. The summed E-state index contributed by atoms with van der Waals surface area (Å²) in [7, 11) is 0.